The molecule has 0 bridgehead atoms. The zero-order chi connectivity index (χ0) is 34.4. The van der Waals surface area contributed by atoms with Gasteiger partial charge in [0, 0.05) is 5.39 Å². The van der Waals surface area contributed by atoms with Crippen molar-refractivity contribution in [1.29, 1.82) is 0 Å². The van der Waals surface area contributed by atoms with Crippen molar-refractivity contribution in [1.82, 2.24) is 4.57 Å². The van der Waals surface area contributed by atoms with Crippen molar-refractivity contribution in [3.63, 3.8) is 0 Å². The molecule has 5 atom stereocenters. The summed E-state index contributed by atoms with van der Waals surface area (Å²) in [7, 11) is 0. The molecule has 1 aliphatic rings. The number of aliphatic hydroxyl groups is 1. The third-order valence-electron chi connectivity index (χ3n) is 8.64. The van der Waals surface area contributed by atoms with Gasteiger partial charge in [0.15, 0.2) is 0 Å². The van der Waals surface area contributed by atoms with E-state index in [2.05, 4.69) is 0 Å². The van der Waals surface area contributed by atoms with Crippen LogP contribution < -0.4 is 0 Å². The Morgan fingerprint density at radius 2 is 1.24 bits per heavy atom. The molecule has 8 nitrogen and oxygen atoms in total. The zero-order valence-corrected chi connectivity index (χ0v) is 28.5. The summed E-state index contributed by atoms with van der Waals surface area (Å²) in [4.78, 5) is 13.9. The Labute approximate surface area is 288 Å². The number of carbonyl (C=O) groups excluding carboxylic acids is 1. The Hall–Kier alpha value is -4.31. The minimum Gasteiger partial charge on any atom is -0.443 e. The van der Waals surface area contributed by atoms with E-state index < -0.39 is 42.2 Å². The lowest BCUT2D eigenvalue weighted by atomic mass is 9.91. The number of hydrogen-bond acceptors (Lipinski definition) is 7. The summed E-state index contributed by atoms with van der Waals surface area (Å²) < 4.78 is 33.7. The first-order valence-corrected chi connectivity index (χ1v) is 16.8. The molecule has 8 heteroatoms. The highest BCUT2D eigenvalue weighted by molar-refractivity contribution is 5.93. The lowest BCUT2D eigenvalue weighted by Gasteiger charge is -2.45. The van der Waals surface area contributed by atoms with Crippen LogP contribution >= 0.6 is 0 Å². The fourth-order valence-corrected chi connectivity index (χ4v) is 6.35. The lowest BCUT2D eigenvalue weighted by Crippen LogP contribution is -2.58. The maximum atomic E-state index is 13.9. The molecule has 0 saturated carbocycles. The van der Waals surface area contributed by atoms with Crippen LogP contribution in [0, 0.1) is 6.92 Å². The zero-order valence-electron chi connectivity index (χ0n) is 28.5. The molecule has 1 aromatic heterocycles. The quantitative estimate of drug-likeness (QED) is 0.154. The Morgan fingerprint density at radius 1 is 0.735 bits per heavy atom. The van der Waals surface area contributed by atoms with E-state index in [1.807, 2.05) is 143 Å². The Morgan fingerprint density at radius 3 is 1.82 bits per heavy atom. The molecule has 0 aliphatic carbocycles. The standard InChI is InChI=1S/C41H45NO7/c1-28-32-22-14-15-23-33(32)42(40(44)49-41(2,3)4)35(28)38-36(43)39(47-26-31-20-12-7-13-21-31)37(46-25-30-18-10-6-11-19-30)34(48-38)27-45-24-29-16-8-5-9-17-29/h5-23,34,36-39,43H,24-27H2,1-4H3/t34-,36-,37-,38+,39-/m0/s1. The predicted octanol–water partition coefficient (Wildman–Crippen LogP) is 7.92. The van der Waals surface area contributed by atoms with Gasteiger partial charge in [-0.25, -0.2) is 9.36 Å². The number of aromatic nitrogens is 1. The smallest absolute Gasteiger partial charge is 0.419 e. The predicted molar refractivity (Wildman–Crippen MR) is 188 cm³/mol. The molecule has 5 aromatic rings. The average molecular weight is 664 g/mol. The molecule has 256 valence electrons. The minimum absolute atomic E-state index is 0.161. The molecular weight excluding hydrogens is 618 g/mol. The fraction of sp³-hybridized carbons (Fsp3) is 0.341. The third-order valence-corrected chi connectivity index (χ3v) is 8.64. The molecule has 6 rings (SSSR count). The maximum absolute atomic E-state index is 13.9. The van der Waals surface area contributed by atoms with Crippen molar-refractivity contribution in [3.05, 3.63) is 143 Å². The van der Waals surface area contributed by atoms with E-state index in [0.29, 0.717) is 17.8 Å². The van der Waals surface area contributed by atoms with E-state index in [0.717, 1.165) is 27.6 Å². The van der Waals surface area contributed by atoms with Crippen LogP contribution in [0.25, 0.3) is 10.9 Å². The van der Waals surface area contributed by atoms with Gasteiger partial charge in [-0.3, -0.25) is 0 Å². The molecule has 49 heavy (non-hydrogen) atoms. The van der Waals surface area contributed by atoms with Crippen molar-refractivity contribution in [2.75, 3.05) is 6.61 Å². The van der Waals surface area contributed by atoms with Crippen LogP contribution in [0.3, 0.4) is 0 Å². The van der Waals surface area contributed by atoms with Crippen LogP contribution in [-0.4, -0.2) is 52.4 Å². The number of fused-ring (bicyclic) bond motifs is 1. The SMILES string of the molecule is Cc1c([C@H]2O[C@@H](COCc3ccccc3)[C@H](OCc3ccccc3)[C@@H](OCc3ccccc3)[C@H]2O)n(C(=O)OC(C)(C)C)c2ccccc12. The van der Waals surface area contributed by atoms with E-state index in [4.69, 9.17) is 23.7 Å². The summed E-state index contributed by atoms with van der Waals surface area (Å²) in [6.45, 7) is 8.48. The lowest BCUT2D eigenvalue weighted by molar-refractivity contribution is -0.264. The summed E-state index contributed by atoms with van der Waals surface area (Å²) in [5.74, 6) is 0. The van der Waals surface area contributed by atoms with E-state index in [1.165, 1.54) is 4.57 Å². The van der Waals surface area contributed by atoms with Crippen molar-refractivity contribution in [3.8, 4) is 0 Å². The number of aryl methyl sites for hydroxylation is 1. The van der Waals surface area contributed by atoms with Gasteiger partial charge in [0.05, 0.1) is 37.6 Å². The van der Waals surface area contributed by atoms with Gasteiger partial charge in [0.1, 0.15) is 36.1 Å². The van der Waals surface area contributed by atoms with Crippen LogP contribution in [0.2, 0.25) is 0 Å². The van der Waals surface area contributed by atoms with Crippen molar-refractivity contribution >= 4 is 17.0 Å². The molecule has 4 aromatic carbocycles. The second-order valence-electron chi connectivity index (χ2n) is 13.5. The van der Waals surface area contributed by atoms with Crippen LogP contribution in [0.4, 0.5) is 4.79 Å². The van der Waals surface area contributed by atoms with Crippen LogP contribution in [0.5, 0.6) is 0 Å². The summed E-state index contributed by atoms with van der Waals surface area (Å²) in [5.41, 5.74) is 4.19. The molecule has 0 radical (unpaired) electrons. The van der Waals surface area contributed by atoms with Gasteiger partial charge in [-0.1, -0.05) is 109 Å². The normalized spacial score (nSPS) is 21.1. The molecule has 1 N–H and O–H groups in total. The first-order chi connectivity index (χ1) is 23.7. The molecule has 0 spiro atoms. The summed E-state index contributed by atoms with van der Waals surface area (Å²) in [6, 6.07) is 37.2. The van der Waals surface area contributed by atoms with E-state index in [9.17, 15) is 9.90 Å². The van der Waals surface area contributed by atoms with Crippen molar-refractivity contribution in [2.24, 2.45) is 0 Å². The highest BCUT2D eigenvalue weighted by Crippen LogP contribution is 2.41. The van der Waals surface area contributed by atoms with Gasteiger partial charge in [0.2, 0.25) is 0 Å². The van der Waals surface area contributed by atoms with Gasteiger partial charge in [-0.2, -0.15) is 0 Å². The van der Waals surface area contributed by atoms with Gasteiger partial charge in [-0.15, -0.1) is 0 Å². The number of rotatable bonds is 11. The van der Waals surface area contributed by atoms with Gasteiger partial charge < -0.3 is 28.8 Å². The Kier molecular flexibility index (Phi) is 10.9. The van der Waals surface area contributed by atoms with Crippen molar-refractivity contribution < 1.29 is 33.6 Å². The maximum Gasteiger partial charge on any atom is 0.419 e. The highest BCUT2D eigenvalue weighted by Gasteiger charge is 2.49. The minimum atomic E-state index is -1.21. The van der Waals surface area contributed by atoms with Gasteiger partial charge >= 0.3 is 6.09 Å². The number of para-hydroxylation sites is 1. The molecule has 1 fully saturated rings. The van der Waals surface area contributed by atoms with Gasteiger partial charge in [-0.05, 0) is 56.0 Å². The van der Waals surface area contributed by atoms with Crippen molar-refractivity contribution in [2.45, 2.75) is 83.6 Å². The largest absolute Gasteiger partial charge is 0.443 e. The van der Waals surface area contributed by atoms with Gasteiger partial charge in [0.25, 0.3) is 0 Å². The van der Waals surface area contributed by atoms with E-state index in [1.54, 1.807) is 0 Å². The molecule has 0 amide bonds. The fourth-order valence-electron chi connectivity index (χ4n) is 6.35. The van der Waals surface area contributed by atoms with Crippen LogP contribution in [0.15, 0.2) is 115 Å². The van der Waals surface area contributed by atoms with E-state index in [-0.39, 0.29) is 19.8 Å². The van der Waals surface area contributed by atoms with Crippen LogP contribution in [-0.2, 0) is 43.5 Å². The number of ether oxygens (including phenoxy) is 5. The second kappa shape index (κ2) is 15.5. The molecule has 1 saturated heterocycles. The Balaban J connectivity index is 1.40. The number of benzene rings is 4. The number of nitrogens with zero attached hydrogens (tertiary/aromatic N) is 1. The molecule has 2 heterocycles. The summed E-state index contributed by atoms with van der Waals surface area (Å²) in [6.07, 6.45) is -4.93. The average Bonchev–Trinajstić information content (AvgIpc) is 3.40. The molecule has 1 aliphatic heterocycles. The summed E-state index contributed by atoms with van der Waals surface area (Å²) in [5, 5.41) is 13.2. The monoisotopic (exact) mass is 663 g/mol. The first kappa shape index (κ1) is 34.5. The number of carbonyl (C=O) groups is 1. The molecule has 0 unspecified atom stereocenters. The number of aliphatic hydroxyl groups excluding tert-OH is 1. The second-order valence-corrected chi connectivity index (χ2v) is 13.5. The highest BCUT2D eigenvalue weighted by atomic mass is 16.6. The topological polar surface area (TPSA) is 88.4 Å². The number of hydrogen-bond donors (Lipinski definition) is 1. The third kappa shape index (κ3) is 8.29. The first-order valence-electron chi connectivity index (χ1n) is 16.8. The summed E-state index contributed by atoms with van der Waals surface area (Å²) >= 11 is 0. The van der Waals surface area contributed by atoms with E-state index >= 15 is 0 Å². The van der Waals surface area contributed by atoms with Crippen LogP contribution in [0.1, 0.15) is 54.8 Å². The Bertz CT molecular complexity index is 1800. The molecular formula is C41H45NO7.